The molecule has 1 aromatic rings. The Morgan fingerprint density at radius 3 is 2.81 bits per heavy atom. The first-order chi connectivity index (χ1) is 9.94. The van der Waals surface area contributed by atoms with Gasteiger partial charge in [0.25, 0.3) is 0 Å². The van der Waals surface area contributed by atoms with Crippen molar-refractivity contribution in [3.8, 4) is 0 Å². The molecule has 1 unspecified atom stereocenters. The van der Waals surface area contributed by atoms with Crippen LogP contribution in [0.5, 0.6) is 0 Å². The average molecular weight is 312 g/mol. The molecule has 21 heavy (non-hydrogen) atoms. The van der Waals surface area contributed by atoms with Gasteiger partial charge in [-0.1, -0.05) is 11.6 Å². The number of nitrogens with one attached hydrogen (secondary N) is 2. The number of benzene rings is 1. The van der Waals surface area contributed by atoms with E-state index in [1.165, 1.54) is 18.2 Å². The molecule has 2 rings (SSSR count). The normalized spacial score (nSPS) is 18.5. The Morgan fingerprint density at radius 2 is 2.19 bits per heavy atom. The topological polar surface area (TPSA) is 81.7 Å². The van der Waals surface area contributed by atoms with E-state index in [0.29, 0.717) is 18.2 Å². The van der Waals surface area contributed by atoms with Crippen LogP contribution in [0.4, 0.5) is 10.5 Å². The zero-order valence-corrected chi connectivity index (χ0v) is 12.5. The van der Waals surface area contributed by atoms with Crippen molar-refractivity contribution >= 4 is 29.3 Å². The molecule has 1 aromatic carbocycles. The number of carboxylic acid groups (broad SMARTS) is 1. The van der Waals surface area contributed by atoms with E-state index >= 15 is 0 Å². The van der Waals surface area contributed by atoms with E-state index in [1.807, 2.05) is 0 Å². The molecule has 0 aliphatic carbocycles. The van der Waals surface area contributed by atoms with Crippen molar-refractivity contribution in [2.24, 2.45) is 5.92 Å². The maximum Gasteiger partial charge on any atom is 0.335 e. The Labute approximate surface area is 128 Å². The van der Waals surface area contributed by atoms with Crippen molar-refractivity contribution < 1.29 is 14.7 Å². The minimum absolute atomic E-state index is 0.0372. The highest BCUT2D eigenvalue weighted by molar-refractivity contribution is 6.31. The third kappa shape index (κ3) is 4.61. The number of hydrogen-bond donors (Lipinski definition) is 3. The predicted molar refractivity (Wildman–Crippen MR) is 81.0 cm³/mol. The number of aromatic carboxylic acids is 1. The number of anilines is 1. The summed E-state index contributed by atoms with van der Waals surface area (Å²) in [5.41, 5.74) is 0.399. The second-order valence-corrected chi connectivity index (χ2v) is 5.72. The average Bonchev–Trinajstić information content (AvgIpc) is 2.81. The number of carbonyl (C=O) groups excluding carboxylic acids is 1. The monoisotopic (exact) mass is 311 g/mol. The molecule has 114 valence electrons. The molecule has 0 aromatic heterocycles. The number of amides is 2. The van der Waals surface area contributed by atoms with E-state index in [1.54, 1.807) is 0 Å². The lowest BCUT2D eigenvalue weighted by Gasteiger charge is -2.13. The maximum absolute atomic E-state index is 11.8. The van der Waals surface area contributed by atoms with Crippen LogP contribution in [0.3, 0.4) is 0 Å². The number of nitrogens with zero attached hydrogens (tertiary/aromatic N) is 1. The summed E-state index contributed by atoms with van der Waals surface area (Å²) in [4.78, 5) is 25.0. The molecule has 0 spiro atoms. The summed E-state index contributed by atoms with van der Waals surface area (Å²) < 4.78 is 0. The van der Waals surface area contributed by atoms with Gasteiger partial charge in [0.05, 0.1) is 5.56 Å². The summed E-state index contributed by atoms with van der Waals surface area (Å²) in [6.45, 7) is 2.62. The van der Waals surface area contributed by atoms with E-state index in [9.17, 15) is 9.59 Å². The number of carbonyl (C=O) groups is 2. The molecule has 1 fully saturated rings. The van der Waals surface area contributed by atoms with E-state index in [-0.39, 0.29) is 16.6 Å². The number of likely N-dealkylation sites (tertiary alicyclic amines) is 1. The van der Waals surface area contributed by atoms with Gasteiger partial charge in [0, 0.05) is 23.8 Å². The van der Waals surface area contributed by atoms with E-state index < -0.39 is 5.97 Å². The number of hydrogen-bond acceptors (Lipinski definition) is 3. The molecule has 3 N–H and O–H groups in total. The van der Waals surface area contributed by atoms with Crippen LogP contribution in [0.1, 0.15) is 16.8 Å². The first kappa shape index (κ1) is 15.6. The number of carboxylic acids is 1. The second kappa shape index (κ2) is 6.78. The predicted octanol–water partition coefficient (Wildman–Crippen LogP) is 2.11. The first-order valence-corrected chi connectivity index (χ1v) is 7.09. The van der Waals surface area contributed by atoms with Gasteiger partial charge in [0.15, 0.2) is 0 Å². The molecular formula is C14H18ClN3O3. The van der Waals surface area contributed by atoms with Crippen LogP contribution < -0.4 is 10.6 Å². The molecule has 7 heteroatoms. The van der Waals surface area contributed by atoms with Crippen molar-refractivity contribution in [2.45, 2.75) is 6.42 Å². The second-order valence-electron chi connectivity index (χ2n) is 5.29. The molecule has 6 nitrogen and oxygen atoms in total. The molecule has 1 aliphatic heterocycles. The summed E-state index contributed by atoms with van der Waals surface area (Å²) in [6, 6.07) is 3.86. The van der Waals surface area contributed by atoms with E-state index in [2.05, 4.69) is 22.6 Å². The van der Waals surface area contributed by atoms with Crippen LogP contribution in [0.15, 0.2) is 18.2 Å². The van der Waals surface area contributed by atoms with Crippen LogP contribution in [-0.2, 0) is 0 Å². The summed E-state index contributed by atoms with van der Waals surface area (Å²) >= 11 is 5.83. The third-order valence-electron chi connectivity index (χ3n) is 3.44. The van der Waals surface area contributed by atoms with Crippen molar-refractivity contribution in [1.82, 2.24) is 10.2 Å². The van der Waals surface area contributed by atoms with Gasteiger partial charge in [0.2, 0.25) is 0 Å². The fourth-order valence-corrected chi connectivity index (χ4v) is 2.63. The van der Waals surface area contributed by atoms with Crippen LogP contribution in [0.2, 0.25) is 5.02 Å². The Morgan fingerprint density at radius 1 is 1.43 bits per heavy atom. The summed E-state index contributed by atoms with van der Waals surface area (Å²) in [5, 5.41) is 14.6. The Kier molecular flexibility index (Phi) is 5.03. The van der Waals surface area contributed by atoms with E-state index in [0.717, 1.165) is 19.5 Å². The fourth-order valence-electron chi connectivity index (χ4n) is 2.39. The minimum Gasteiger partial charge on any atom is -0.478 e. The molecular weight excluding hydrogens is 294 g/mol. The van der Waals surface area contributed by atoms with Gasteiger partial charge in [-0.2, -0.15) is 0 Å². The first-order valence-electron chi connectivity index (χ1n) is 6.71. The molecule has 0 saturated carbocycles. The van der Waals surface area contributed by atoms with Gasteiger partial charge in [-0.05, 0) is 44.1 Å². The number of urea groups is 1. The van der Waals surface area contributed by atoms with Gasteiger partial charge in [-0.3, -0.25) is 0 Å². The molecule has 1 atom stereocenters. The smallest absolute Gasteiger partial charge is 0.335 e. The van der Waals surface area contributed by atoms with Crippen molar-refractivity contribution in [3.05, 3.63) is 28.8 Å². The highest BCUT2D eigenvalue weighted by Gasteiger charge is 2.19. The Balaban J connectivity index is 1.89. The van der Waals surface area contributed by atoms with Crippen molar-refractivity contribution in [3.63, 3.8) is 0 Å². The summed E-state index contributed by atoms with van der Waals surface area (Å²) in [6.07, 6.45) is 1.07. The molecule has 1 saturated heterocycles. The highest BCUT2D eigenvalue weighted by Crippen LogP contribution is 2.19. The number of halogens is 1. The summed E-state index contributed by atoms with van der Waals surface area (Å²) in [7, 11) is 2.06. The third-order valence-corrected chi connectivity index (χ3v) is 3.66. The Hall–Kier alpha value is -1.79. The van der Waals surface area contributed by atoms with Crippen molar-refractivity contribution in [1.29, 1.82) is 0 Å². The zero-order valence-electron chi connectivity index (χ0n) is 11.7. The Bertz CT molecular complexity index is 550. The lowest BCUT2D eigenvalue weighted by molar-refractivity contribution is 0.0697. The van der Waals surface area contributed by atoms with Gasteiger partial charge in [-0.15, -0.1) is 0 Å². The van der Waals surface area contributed by atoms with Gasteiger partial charge in [0.1, 0.15) is 0 Å². The zero-order chi connectivity index (χ0) is 15.4. The lowest BCUT2D eigenvalue weighted by Crippen LogP contribution is -2.33. The molecule has 2 amide bonds. The molecule has 0 bridgehead atoms. The molecule has 1 aliphatic rings. The van der Waals surface area contributed by atoms with Gasteiger partial charge >= 0.3 is 12.0 Å². The standard InChI is InChI=1S/C14H18ClN3O3/c1-18-3-2-9(8-18)7-16-14(21)17-12-5-10(13(19)20)4-11(15)6-12/h4-6,9H,2-3,7-8H2,1H3,(H,19,20)(H2,16,17,21). The van der Waals surface area contributed by atoms with Crippen LogP contribution in [-0.4, -0.2) is 48.7 Å². The maximum atomic E-state index is 11.8. The minimum atomic E-state index is -1.09. The highest BCUT2D eigenvalue weighted by atomic mass is 35.5. The summed E-state index contributed by atoms with van der Waals surface area (Å²) in [5.74, 6) is -0.635. The van der Waals surface area contributed by atoms with Crippen LogP contribution in [0.25, 0.3) is 0 Å². The van der Waals surface area contributed by atoms with Gasteiger partial charge < -0.3 is 20.6 Å². The SMILES string of the molecule is CN1CCC(CNC(=O)Nc2cc(Cl)cc(C(=O)O)c2)C1. The van der Waals surface area contributed by atoms with Crippen LogP contribution in [0, 0.1) is 5.92 Å². The largest absolute Gasteiger partial charge is 0.478 e. The molecule has 0 radical (unpaired) electrons. The lowest BCUT2D eigenvalue weighted by atomic mass is 10.1. The van der Waals surface area contributed by atoms with Gasteiger partial charge in [-0.25, -0.2) is 9.59 Å². The van der Waals surface area contributed by atoms with E-state index in [4.69, 9.17) is 16.7 Å². The van der Waals surface area contributed by atoms with Crippen molar-refractivity contribution in [2.75, 3.05) is 32.0 Å². The van der Waals surface area contributed by atoms with Crippen LogP contribution >= 0.6 is 11.6 Å². The quantitative estimate of drug-likeness (QED) is 0.795. The molecule has 1 heterocycles. The number of rotatable bonds is 4. The fraction of sp³-hybridized carbons (Fsp3) is 0.429.